The van der Waals surface area contributed by atoms with E-state index in [2.05, 4.69) is 11.6 Å². The number of carboxylic acids is 1. The van der Waals surface area contributed by atoms with Gasteiger partial charge >= 0.3 is 5.97 Å². The Kier molecular flexibility index (Phi) is 2.64. The summed E-state index contributed by atoms with van der Waals surface area (Å²) in [4.78, 5) is 14.2. The van der Waals surface area contributed by atoms with E-state index in [1.807, 2.05) is 0 Å². The number of allylic oxidation sites excluding steroid dienone is 1. The van der Waals surface area contributed by atoms with Gasteiger partial charge in [0.2, 0.25) is 5.88 Å². The summed E-state index contributed by atoms with van der Waals surface area (Å²) in [5.74, 6) is -0.366. The van der Waals surface area contributed by atoms with Crippen LogP contribution in [0.25, 0.3) is 0 Å². The minimum atomic E-state index is -1.08. The van der Waals surface area contributed by atoms with Crippen LogP contribution in [0, 0.1) is 0 Å². The summed E-state index contributed by atoms with van der Waals surface area (Å²) >= 11 is 0. The summed E-state index contributed by atoms with van der Waals surface area (Å²) in [5.41, 5.74) is -0.0428. The van der Waals surface area contributed by atoms with Gasteiger partial charge in [-0.3, -0.25) is 0 Å². The lowest BCUT2D eigenvalue weighted by Gasteiger charge is -2.02. The first-order valence-corrected chi connectivity index (χ1v) is 3.63. The molecule has 0 aromatic carbocycles. The molecule has 0 radical (unpaired) electrons. The molecule has 0 spiro atoms. The fourth-order valence-electron chi connectivity index (χ4n) is 0.769. The van der Waals surface area contributed by atoms with Crippen LogP contribution in [0.2, 0.25) is 0 Å². The zero-order chi connectivity index (χ0) is 9.84. The van der Waals surface area contributed by atoms with Gasteiger partial charge in [0.1, 0.15) is 0 Å². The number of hydrogen-bond donors (Lipinski definition) is 1. The number of rotatable bonds is 3. The zero-order valence-corrected chi connectivity index (χ0v) is 7.15. The van der Waals surface area contributed by atoms with Crippen LogP contribution < -0.4 is 4.74 Å². The van der Waals surface area contributed by atoms with Crippen LogP contribution in [0.15, 0.2) is 30.5 Å². The summed E-state index contributed by atoms with van der Waals surface area (Å²) in [6.07, 6.45) is 0. The highest BCUT2D eigenvalue weighted by Gasteiger charge is 2.05. The molecule has 0 aliphatic carbocycles. The molecule has 13 heavy (non-hydrogen) atoms. The first-order valence-electron chi connectivity index (χ1n) is 3.63. The van der Waals surface area contributed by atoms with E-state index in [4.69, 9.17) is 9.84 Å². The first kappa shape index (κ1) is 9.25. The molecule has 1 aromatic rings. The van der Waals surface area contributed by atoms with E-state index >= 15 is 0 Å². The third-order valence-electron chi connectivity index (χ3n) is 1.22. The van der Waals surface area contributed by atoms with Gasteiger partial charge in [-0.15, -0.1) is 0 Å². The average Bonchev–Trinajstić information content (AvgIpc) is 2.03. The van der Waals surface area contributed by atoms with Gasteiger partial charge in [0.25, 0.3) is 0 Å². The third kappa shape index (κ3) is 2.59. The smallest absolute Gasteiger partial charge is 0.354 e. The quantitative estimate of drug-likeness (QED) is 0.717. The van der Waals surface area contributed by atoms with Crippen molar-refractivity contribution < 1.29 is 14.6 Å². The van der Waals surface area contributed by atoms with Crippen molar-refractivity contribution in [3.8, 4) is 5.88 Å². The van der Waals surface area contributed by atoms with Crippen LogP contribution >= 0.6 is 0 Å². The molecule has 4 heteroatoms. The summed E-state index contributed by atoms with van der Waals surface area (Å²) in [6, 6.07) is 4.53. The van der Waals surface area contributed by atoms with Gasteiger partial charge in [-0.1, -0.05) is 12.6 Å². The standard InChI is InChI=1S/C9H9NO3/c1-6(2)13-8-5-3-4-7(10-8)9(11)12/h3-5H,1H2,2H3,(H,11,12). The van der Waals surface area contributed by atoms with Gasteiger partial charge in [0, 0.05) is 6.07 Å². The van der Waals surface area contributed by atoms with Gasteiger partial charge in [-0.25, -0.2) is 9.78 Å². The van der Waals surface area contributed by atoms with Crippen molar-refractivity contribution in [2.24, 2.45) is 0 Å². The molecular formula is C9H9NO3. The summed E-state index contributed by atoms with van der Waals surface area (Å²) in [6.45, 7) is 5.18. The number of hydrogen-bond acceptors (Lipinski definition) is 3. The molecule has 0 unspecified atom stereocenters. The van der Waals surface area contributed by atoms with Crippen LogP contribution in [-0.4, -0.2) is 16.1 Å². The van der Waals surface area contributed by atoms with Crippen LogP contribution in [0.5, 0.6) is 5.88 Å². The Bertz CT molecular complexity index is 346. The van der Waals surface area contributed by atoms with E-state index in [1.54, 1.807) is 19.1 Å². The lowest BCUT2D eigenvalue weighted by molar-refractivity contribution is 0.0689. The fourth-order valence-corrected chi connectivity index (χ4v) is 0.769. The number of nitrogens with zero attached hydrogens (tertiary/aromatic N) is 1. The van der Waals surface area contributed by atoms with Gasteiger partial charge < -0.3 is 9.84 Å². The van der Waals surface area contributed by atoms with Crippen LogP contribution in [0.3, 0.4) is 0 Å². The number of ether oxygens (including phenoxy) is 1. The maximum atomic E-state index is 10.5. The Labute approximate surface area is 75.5 Å². The SMILES string of the molecule is C=C(C)Oc1cccc(C(=O)O)n1. The molecule has 1 N–H and O–H groups in total. The van der Waals surface area contributed by atoms with Crippen molar-refractivity contribution in [2.45, 2.75) is 6.92 Å². The molecule has 0 bridgehead atoms. The Morgan fingerprint density at radius 2 is 2.31 bits per heavy atom. The van der Waals surface area contributed by atoms with E-state index in [9.17, 15) is 4.79 Å². The zero-order valence-electron chi connectivity index (χ0n) is 7.15. The molecule has 1 heterocycles. The van der Waals surface area contributed by atoms with Crippen molar-refractivity contribution in [2.75, 3.05) is 0 Å². The molecule has 0 saturated carbocycles. The topological polar surface area (TPSA) is 59.4 Å². The Hall–Kier alpha value is -1.84. The second-order valence-electron chi connectivity index (χ2n) is 2.47. The number of aromatic carboxylic acids is 1. The minimum absolute atomic E-state index is 0.0428. The molecule has 0 aliphatic heterocycles. The van der Waals surface area contributed by atoms with Gasteiger partial charge in [0.05, 0.1) is 5.76 Å². The number of carbonyl (C=O) groups is 1. The Morgan fingerprint density at radius 3 is 2.85 bits per heavy atom. The maximum Gasteiger partial charge on any atom is 0.354 e. The predicted octanol–water partition coefficient (Wildman–Crippen LogP) is 1.69. The summed E-state index contributed by atoms with van der Waals surface area (Å²) in [5, 5.41) is 8.60. The molecule has 1 rings (SSSR count). The second-order valence-corrected chi connectivity index (χ2v) is 2.47. The summed E-state index contributed by atoms with van der Waals surface area (Å²) < 4.78 is 5.04. The van der Waals surface area contributed by atoms with Crippen molar-refractivity contribution in [3.05, 3.63) is 36.2 Å². The van der Waals surface area contributed by atoms with Crippen molar-refractivity contribution in [3.63, 3.8) is 0 Å². The molecule has 0 atom stereocenters. The van der Waals surface area contributed by atoms with Crippen molar-refractivity contribution >= 4 is 5.97 Å². The molecule has 0 amide bonds. The highest BCUT2D eigenvalue weighted by molar-refractivity contribution is 5.85. The highest BCUT2D eigenvalue weighted by atomic mass is 16.5. The van der Waals surface area contributed by atoms with E-state index in [0.29, 0.717) is 5.76 Å². The van der Waals surface area contributed by atoms with Crippen molar-refractivity contribution in [1.82, 2.24) is 4.98 Å². The maximum absolute atomic E-state index is 10.5. The van der Waals surface area contributed by atoms with E-state index < -0.39 is 5.97 Å². The number of carboxylic acid groups (broad SMARTS) is 1. The minimum Gasteiger partial charge on any atom is -0.477 e. The second kappa shape index (κ2) is 3.71. The molecule has 0 saturated heterocycles. The van der Waals surface area contributed by atoms with E-state index in [0.717, 1.165) is 0 Å². The third-order valence-corrected chi connectivity index (χ3v) is 1.22. The molecule has 1 aromatic heterocycles. The van der Waals surface area contributed by atoms with E-state index in [-0.39, 0.29) is 11.6 Å². The van der Waals surface area contributed by atoms with Crippen molar-refractivity contribution in [1.29, 1.82) is 0 Å². The number of aromatic nitrogens is 1. The molecular weight excluding hydrogens is 170 g/mol. The lowest BCUT2D eigenvalue weighted by Crippen LogP contribution is -2.01. The predicted molar refractivity (Wildman–Crippen MR) is 46.6 cm³/mol. The van der Waals surface area contributed by atoms with Crippen LogP contribution in [0.1, 0.15) is 17.4 Å². The Morgan fingerprint density at radius 1 is 1.62 bits per heavy atom. The first-order chi connectivity index (χ1) is 6.09. The largest absolute Gasteiger partial charge is 0.477 e. The molecule has 68 valence electrons. The normalized spacial score (nSPS) is 9.31. The van der Waals surface area contributed by atoms with Crippen LogP contribution in [0.4, 0.5) is 0 Å². The Balaban J connectivity index is 2.91. The monoisotopic (exact) mass is 179 g/mol. The van der Waals surface area contributed by atoms with Crippen LogP contribution in [-0.2, 0) is 0 Å². The molecule has 4 nitrogen and oxygen atoms in total. The average molecular weight is 179 g/mol. The molecule has 0 aliphatic rings. The van der Waals surface area contributed by atoms with E-state index in [1.165, 1.54) is 6.07 Å². The molecule has 0 fully saturated rings. The highest BCUT2D eigenvalue weighted by Crippen LogP contribution is 2.09. The summed E-state index contributed by atoms with van der Waals surface area (Å²) in [7, 11) is 0. The number of pyridine rings is 1. The fraction of sp³-hybridized carbons (Fsp3) is 0.111. The van der Waals surface area contributed by atoms with Gasteiger partial charge in [0.15, 0.2) is 5.69 Å². The van der Waals surface area contributed by atoms with Gasteiger partial charge in [-0.2, -0.15) is 0 Å². The van der Waals surface area contributed by atoms with Gasteiger partial charge in [-0.05, 0) is 13.0 Å². The lowest BCUT2D eigenvalue weighted by atomic mass is 10.3.